The maximum absolute atomic E-state index is 13.5. The molecule has 0 saturated heterocycles. The van der Waals surface area contributed by atoms with Crippen molar-refractivity contribution in [3.05, 3.63) is 60.8 Å². The van der Waals surface area contributed by atoms with Crippen LogP contribution in [0.3, 0.4) is 0 Å². The second-order valence-electron chi connectivity index (χ2n) is 21.2. The zero-order valence-corrected chi connectivity index (χ0v) is 48.1. The van der Waals surface area contributed by atoms with Crippen LogP contribution in [0.5, 0.6) is 0 Å². The second kappa shape index (κ2) is 51.2. The molecule has 0 bridgehead atoms. The van der Waals surface area contributed by atoms with Gasteiger partial charge in [0.25, 0.3) is 7.82 Å². The van der Waals surface area contributed by atoms with E-state index in [1.807, 2.05) is 33.3 Å². The average molecular weight is 1020 g/mol. The lowest BCUT2D eigenvalue weighted by atomic mass is 10.0. The summed E-state index contributed by atoms with van der Waals surface area (Å²) in [4.78, 5) is 39.9. The molecule has 0 aromatic heterocycles. The second-order valence-corrected chi connectivity index (χ2v) is 22.6. The number of nitrogens with zero attached hydrogens (tertiary/aromatic N) is 1. The Kier molecular flexibility index (Phi) is 49.6. The van der Waals surface area contributed by atoms with Gasteiger partial charge in [0.2, 0.25) is 5.91 Å². The SMILES string of the molecule is CCCCC/C=C\C/C=C\C/C=C\C/C=C\CCCCCC(=O)NC(COP(=O)([O-])OCC[N+](C)(C)C)C(/C=C\CCCCCCCCCCCCC)OC(=O)CCCCCCCCCCCCCCC. The van der Waals surface area contributed by atoms with Gasteiger partial charge in [-0.15, -0.1) is 0 Å². The van der Waals surface area contributed by atoms with E-state index in [-0.39, 0.29) is 31.3 Å². The molecule has 1 amide bonds. The summed E-state index contributed by atoms with van der Waals surface area (Å²) in [7, 11) is 1.16. The molecule has 3 unspecified atom stereocenters. The van der Waals surface area contributed by atoms with Crippen molar-refractivity contribution in [2.24, 2.45) is 0 Å². The van der Waals surface area contributed by atoms with Crippen LogP contribution in [0.2, 0.25) is 0 Å². The summed E-state index contributed by atoms with van der Waals surface area (Å²) < 4.78 is 30.2. The summed E-state index contributed by atoms with van der Waals surface area (Å²) in [6.45, 7) is 6.79. The van der Waals surface area contributed by atoms with Crippen LogP contribution < -0.4 is 10.2 Å². The van der Waals surface area contributed by atoms with E-state index >= 15 is 0 Å². The number of quaternary nitrogens is 1. The quantitative estimate of drug-likeness (QED) is 0.0212. The van der Waals surface area contributed by atoms with E-state index < -0.39 is 26.6 Å². The van der Waals surface area contributed by atoms with Crippen molar-refractivity contribution in [1.82, 2.24) is 5.32 Å². The fraction of sp³-hybridized carbons (Fsp3) is 0.803. The number of esters is 1. The molecule has 71 heavy (non-hydrogen) atoms. The van der Waals surface area contributed by atoms with Crippen LogP contribution >= 0.6 is 7.82 Å². The first-order valence-corrected chi connectivity index (χ1v) is 31.1. The lowest BCUT2D eigenvalue weighted by molar-refractivity contribution is -0.870. The lowest BCUT2D eigenvalue weighted by Crippen LogP contribution is -2.47. The van der Waals surface area contributed by atoms with E-state index in [1.165, 1.54) is 148 Å². The largest absolute Gasteiger partial charge is 0.756 e. The lowest BCUT2D eigenvalue weighted by Gasteiger charge is -2.30. The molecule has 0 aliphatic carbocycles. The van der Waals surface area contributed by atoms with Crippen molar-refractivity contribution >= 4 is 19.7 Å². The van der Waals surface area contributed by atoms with Gasteiger partial charge in [-0.3, -0.25) is 14.2 Å². The van der Waals surface area contributed by atoms with Crippen LogP contribution in [-0.4, -0.2) is 69.4 Å². The molecule has 0 saturated carbocycles. The van der Waals surface area contributed by atoms with Gasteiger partial charge >= 0.3 is 5.97 Å². The Morgan fingerprint density at radius 3 is 1.32 bits per heavy atom. The standard InChI is InChI=1S/C61H113N2O7P/c1-7-10-13-16-19-22-25-28-29-30-31-32-33-36-38-41-44-47-50-53-60(64)62-58(57-69-71(66,67)68-56-55-63(4,5)6)59(52-49-46-43-40-37-34-26-23-20-17-14-11-8-2)70-61(65)54-51-48-45-42-39-35-27-24-21-18-15-12-9-3/h19,22,28-29,31-32,36,38,49,52,58-59H,7-18,20-21,23-27,30,33-35,37,39-48,50-51,53-57H2,1-6H3,(H-,62,64,66,67)/b22-19-,29-28-,32-31-,38-36-,52-49-. The number of amides is 1. The molecule has 0 aliphatic heterocycles. The molecule has 0 aliphatic rings. The van der Waals surface area contributed by atoms with E-state index in [0.29, 0.717) is 17.4 Å². The molecule has 414 valence electrons. The normalized spacial score (nSPS) is 14.2. The summed E-state index contributed by atoms with van der Waals surface area (Å²) >= 11 is 0. The highest BCUT2D eigenvalue weighted by atomic mass is 31.2. The maximum atomic E-state index is 13.5. The van der Waals surface area contributed by atoms with Crippen LogP contribution in [0.1, 0.15) is 265 Å². The Bertz CT molecular complexity index is 1400. The molecule has 0 spiro atoms. The summed E-state index contributed by atoms with van der Waals surface area (Å²) in [5, 5.41) is 3.01. The molecule has 0 aromatic rings. The number of ether oxygens (including phenoxy) is 1. The van der Waals surface area contributed by atoms with Crippen LogP contribution in [0.15, 0.2) is 60.8 Å². The van der Waals surface area contributed by atoms with Crippen molar-refractivity contribution in [2.45, 2.75) is 277 Å². The number of rotatable bonds is 53. The Balaban J connectivity index is 5.39. The van der Waals surface area contributed by atoms with Gasteiger partial charge in [-0.1, -0.05) is 236 Å². The number of allylic oxidation sites excluding steroid dienone is 9. The fourth-order valence-electron chi connectivity index (χ4n) is 8.33. The van der Waals surface area contributed by atoms with Gasteiger partial charge in [0, 0.05) is 12.8 Å². The summed E-state index contributed by atoms with van der Waals surface area (Å²) in [6.07, 6.45) is 63.2. The number of carbonyl (C=O) groups excluding carboxylic acids is 2. The summed E-state index contributed by atoms with van der Waals surface area (Å²) in [6, 6.07) is -0.903. The monoisotopic (exact) mass is 1020 g/mol. The number of hydrogen-bond donors (Lipinski definition) is 1. The molecule has 0 fully saturated rings. The molecule has 0 aromatic carbocycles. The van der Waals surface area contributed by atoms with Crippen molar-refractivity contribution < 1.29 is 37.3 Å². The number of nitrogens with one attached hydrogen (secondary N) is 1. The topological polar surface area (TPSA) is 114 Å². The minimum atomic E-state index is -4.70. The van der Waals surface area contributed by atoms with Gasteiger partial charge in [-0.2, -0.15) is 0 Å². The number of carbonyl (C=O) groups is 2. The Hall–Kier alpha value is -2.29. The molecule has 0 radical (unpaired) electrons. The van der Waals surface area contributed by atoms with E-state index in [0.717, 1.165) is 77.0 Å². The predicted octanol–water partition coefficient (Wildman–Crippen LogP) is 17.3. The number of hydrogen-bond acceptors (Lipinski definition) is 7. The van der Waals surface area contributed by atoms with E-state index in [4.69, 9.17) is 13.8 Å². The van der Waals surface area contributed by atoms with Gasteiger partial charge in [0.15, 0.2) is 0 Å². The molecular formula is C61H113N2O7P. The first-order chi connectivity index (χ1) is 34.4. The van der Waals surface area contributed by atoms with Crippen molar-refractivity contribution in [1.29, 1.82) is 0 Å². The van der Waals surface area contributed by atoms with Crippen molar-refractivity contribution in [3.8, 4) is 0 Å². The Morgan fingerprint density at radius 2 is 0.859 bits per heavy atom. The fourth-order valence-corrected chi connectivity index (χ4v) is 9.05. The third kappa shape index (κ3) is 52.4. The first-order valence-electron chi connectivity index (χ1n) is 29.6. The molecule has 9 nitrogen and oxygen atoms in total. The van der Waals surface area contributed by atoms with Crippen LogP contribution in [0.25, 0.3) is 0 Å². The highest BCUT2D eigenvalue weighted by Crippen LogP contribution is 2.38. The molecule has 10 heteroatoms. The van der Waals surface area contributed by atoms with Gasteiger partial charge in [-0.25, -0.2) is 0 Å². The van der Waals surface area contributed by atoms with Gasteiger partial charge in [0.05, 0.1) is 33.8 Å². The van der Waals surface area contributed by atoms with Gasteiger partial charge < -0.3 is 28.5 Å². The van der Waals surface area contributed by atoms with Gasteiger partial charge in [-0.05, 0) is 76.7 Å². The van der Waals surface area contributed by atoms with Crippen LogP contribution in [-0.2, 0) is 27.9 Å². The van der Waals surface area contributed by atoms with Crippen LogP contribution in [0.4, 0.5) is 0 Å². The third-order valence-electron chi connectivity index (χ3n) is 13.0. The summed E-state index contributed by atoms with van der Waals surface area (Å²) in [5.74, 6) is -0.572. The van der Waals surface area contributed by atoms with Crippen molar-refractivity contribution in [2.75, 3.05) is 40.9 Å². The van der Waals surface area contributed by atoms with E-state index in [2.05, 4.69) is 74.7 Å². The Morgan fingerprint density at radius 1 is 0.493 bits per heavy atom. The first kappa shape index (κ1) is 68.7. The minimum Gasteiger partial charge on any atom is -0.756 e. The van der Waals surface area contributed by atoms with Crippen molar-refractivity contribution in [3.63, 3.8) is 0 Å². The molecular weight excluding hydrogens is 904 g/mol. The smallest absolute Gasteiger partial charge is 0.306 e. The third-order valence-corrected chi connectivity index (χ3v) is 13.9. The highest BCUT2D eigenvalue weighted by Gasteiger charge is 2.27. The number of phosphoric ester groups is 1. The van der Waals surface area contributed by atoms with Gasteiger partial charge in [0.1, 0.15) is 19.3 Å². The maximum Gasteiger partial charge on any atom is 0.306 e. The Labute approximate surface area is 439 Å². The number of likely N-dealkylation sites (N-methyl/N-ethyl adjacent to an activating group) is 1. The zero-order chi connectivity index (χ0) is 52.2. The highest BCUT2D eigenvalue weighted by molar-refractivity contribution is 7.45. The molecule has 1 N–H and O–H groups in total. The molecule has 0 heterocycles. The molecule has 0 rings (SSSR count). The predicted molar refractivity (Wildman–Crippen MR) is 302 cm³/mol. The molecule has 3 atom stereocenters. The average Bonchev–Trinajstić information content (AvgIpc) is 3.33. The summed E-state index contributed by atoms with van der Waals surface area (Å²) in [5.41, 5.74) is 0. The van der Waals surface area contributed by atoms with Crippen LogP contribution in [0, 0.1) is 0 Å². The minimum absolute atomic E-state index is 0.0290. The van der Waals surface area contributed by atoms with E-state index in [9.17, 15) is 19.0 Å². The number of phosphoric acid groups is 1. The zero-order valence-electron chi connectivity index (χ0n) is 47.2. The number of unbranched alkanes of at least 4 members (excludes halogenated alkanes) is 29. The van der Waals surface area contributed by atoms with E-state index in [1.54, 1.807) is 0 Å².